The van der Waals surface area contributed by atoms with Crippen LogP contribution >= 0.6 is 0 Å². The second-order valence-corrected chi connectivity index (χ2v) is 5.31. The lowest BCUT2D eigenvalue weighted by molar-refractivity contribution is 0.238. The van der Waals surface area contributed by atoms with Gasteiger partial charge in [0.1, 0.15) is 5.75 Å². The van der Waals surface area contributed by atoms with Crippen LogP contribution in [0.1, 0.15) is 30.4 Å². The molecular weight excluding hydrogens is 212 g/mol. The maximum Gasteiger partial charge on any atom is 0.119 e. The Kier molecular flexibility index (Phi) is 3.09. The third-order valence-corrected chi connectivity index (χ3v) is 3.26. The van der Waals surface area contributed by atoms with Crippen molar-refractivity contribution in [3.05, 3.63) is 29.3 Å². The van der Waals surface area contributed by atoms with E-state index >= 15 is 0 Å². The third kappa shape index (κ3) is 3.22. The first-order valence-corrected chi connectivity index (χ1v) is 6.03. The van der Waals surface area contributed by atoms with Crippen molar-refractivity contribution in [2.75, 3.05) is 6.61 Å². The Hall–Kier alpha value is -1.51. The fourth-order valence-electron chi connectivity index (χ4n) is 2.21. The van der Waals surface area contributed by atoms with Gasteiger partial charge in [0.25, 0.3) is 0 Å². The molecule has 17 heavy (non-hydrogen) atoms. The van der Waals surface area contributed by atoms with Crippen molar-refractivity contribution in [2.45, 2.75) is 33.1 Å². The predicted octanol–water partition coefficient (Wildman–Crippen LogP) is 2.79. The molecule has 1 aliphatic carbocycles. The fraction of sp³-hybridized carbons (Fsp3) is 0.500. The summed E-state index contributed by atoms with van der Waals surface area (Å²) in [7, 11) is 0. The Morgan fingerprint density at radius 1 is 1.29 bits per heavy atom. The van der Waals surface area contributed by atoms with Crippen molar-refractivity contribution >= 4 is 5.84 Å². The van der Waals surface area contributed by atoms with Gasteiger partial charge in [-0.05, 0) is 49.9 Å². The van der Waals surface area contributed by atoms with Gasteiger partial charge in [-0.25, -0.2) is 0 Å². The van der Waals surface area contributed by atoms with Crippen LogP contribution in [0.2, 0.25) is 0 Å². The van der Waals surface area contributed by atoms with Crippen molar-refractivity contribution in [2.24, 2.45) is 11.1 Å². The van der Waals surface area contributed by atoms with Gasteiger partial charge in [-0.15, -0.1) is 0 Å². The van der Waals surface area contributed by atoms with Crippen LogP contribution in [0.25, 0.3) is 0 Å². The van der Waals surface area contributed by atoms with E-state index in [-0.39, 0.29) is 11.3 Å². The maximum absolute atomic E-state index is 7.36. The molecule has 1 aromatic carbocycles. The number of hydrogen-bond acceptors (Lipinski definition) is 2. The number of rotatable bonds is 5. The summed E-state index contributed by atoms with van der Waals surface area (Å²) in [5, 5.41) is 7.36. The van der Waals surface area contributed by atoms with Crippen LogP contribution in [0.5, 0.6) is 5.75 Å². The first-order chi connectivity index (χ1) is 7.99. The SMILES string of the molecule is Cc1cc(C)cc(OCC2(CC(=N)N)CC2)c1. The molecule has 0 radical (unpaired) electrons. The van der Waals surface area contributed by atoms with Crippen LogP contribution in [0.4, 0.5) is 0 Å². The largest absolute Gasteiger partial charge is 0.493 e. The average Bonchev–Trinajstić information content (AvgIpc) is 2.93. The van der Waals surface area contributed by atoms with Gasteiger partial charge in [-0.3, -0.25) is 5.41 Å². The molecule has 1 fully saturated rings. The van der Waals surface area contributed by atoms with Crippen LogP contribution in [0, 0.1) is 24.7 Å². The van der Waals surface area contributed by atoms with Crippen molar-refractivity contribution in [3.8, 4) is 5.75 Å². The zero-order valence-corrected chi connectivity index (χ0v) is 10.5. The van der Waals surface area contributed by atoms with E-state index in [9.17, 15) is 0 Å². The van der Waals surface area contributed by atoms with Gasteiger partial charge >= 0.3 is 0 Å². The molecule has 3 nitrogen and oxygen atoms in total. The molecule has 0 aliphatic heterocycles. The first-order valence-electron chi connectivity index (χ1n) is 6.03. The highest BCUT2D eigenvalue weighted by molar-refractivity contribution is 5.78. The predicted molar refractivity (Wildman–Crippen MR) is 69.6 cm³/mol. The van der Waals surface area contributed by atoms with E-state index in [2.05, 4.69) is 32.0 Å². The minimum absolute atomic E-state index is 0.142. The second kappa shape index (κ2) is 4.40. The molecule has 1 aliphatic rings. The van der Waals surface area contributed by atoms with Gasteiger partial charge in [-0.2, -0.15) is 0 Å². The van der Waals surface area contributed by atoms with Crippen LogP contribution in [-0.2, 0) is 0 Å². The third-order valence-electron chi connectivity index (χ3n) is 3.26. The van der Waals surface area contributed by atoms with E-state index < -0.39 is 0 Å². The van der Waals surface area contributed by atoms with Crippen LogP contribution < -0.4 is 10.5 Å². The topological polar surface area (TPSA) is 59.1 Å². The standard InChI is InChI=1S/C14H20N2O/c1-10-5-11(2)7-12(6-10)17-9-14(3-4-14)8-13(15)16/h5-7H,3-4,8-9H2,1-2H3,(H3,15,16). The monoisotopic (exact) mass is 232 g/mol. The smallest absolute Gasteiger partial charge is 0.119 e. The summed E-state index contributed by atoms with van der Waals surface area (Å²) in [4.78, 5) is 0. The number of nitrogens with one attached hydrogen (secondary N) is 1. The zero-order valence-electron chi connectivity index (χ0n) is 10.5. The molecule has 92 valence electrons. The summed E-state index contributed by atoms with van der Waals surface area (Å²) in [6, 6.07) is 6.24. The van der Waals surface area contributed by atoms with Crippen molar-refractivity contribution in [1.82, 2.24) is 0 Å². The fourth-order valence-corrected chi connectivity index (χ4v) is 2.21. The number of ether oxygens (including phenoxy) is 1. The van der Waals surface area contributed by atoms with E-state index in [1.165, 1.54) is 11.1 Å². The Labute approximate surface area is 102 Å². The molecule has 3 N–H and O–H groups in total. The van der Waals surface area contributed by atoms with Crippen LogP contribution in [-0.4, -0.2) is 12.4 Å². The highest BCUT2D eigenvalue weighted by Crippen LogP contribution is 2.48. The van der Waals surface area contributed by atoms with Gasteiger partial charge in [0.15, 0.2) is 0 Å². The average molecular weight is 232 g/mol. The molecular formula is C14H20N2O. The Balaban J connectivity index is 1.96. The molecule has 1 aromatic rings. The summed E-state index contributed by atoms with van der Waals surface area (Å²) >= 11 is 0. The van der Waals surface area contributed by atoms with Gasteiger partial charge in [0, 0.05) is 11.8 Å². The molecule has 0 saturated heterocycles. The van der Waals surface area contributed by atoms with Gasteiger partial charge in [-0.1, -0.05) is 6.07 Å². The summed E-state index contributed by atoms with van der Waals surface area (Å²) in [5.74, 6) is 1.20. The second-order valence-electron chi connectivity index (χ2n) is 5.31. The van der Waals surface area contributed by atoms with Crippen molar-refractivity contribution < 1.29 is 4.74 Å². The highest BCUT2D eigenvalue weighted by Gasteiger charge is 2.43. The maximum atomic E-state index is 7.36. The van der Waals surface area contributed by atoms with Gasteiger partial charge < -0.3 is 10.5 Å². The molecule has 2 rings (SSSR count). The molecule has 0 spiro atoms. The molecule has 0 bridgehead atoms. The quantitative estimate of drug-likeness (QED) is 0.605. The Morgan fingerprint density at radius 2 is 1.88 bits per heavy atom. The molecule has 0 amide bonds. The van der Waals surface area contributed by atoms with E-state index in [0.717, 1.165) is 18.6 Å². The minimum atomic E-state index is 0.142. The highest BCUT2D eigenvalue weighted by atomic mass is 16.5. The molecule has 3 heteroatoms. The molecule has 0 heterocycles. The number of hydrogen-bond donors (Lipinski definition) is 2. The Bertz CT molecular complexity index is 416. The lowest BCUT2D eigenvalue weighted by atomic mass is 10.0. The van der Waals surface area contributed by atoms with E-state index in [1.54, 1.807) is 0 Å². The first kappa shape index (κ1) is 12.0. The molecule has 1 saturated carbocycles. The number of nitrogens with two attached hydrogens (primary N) is 1. The lowest BCUT2D eigenvalue weighted by Gasteiger charge is -2.16. The van der Waals surface area contributed by atoms with E-state index in [0.29, 0.717) is 13.0 Å². The van der Waals surface area contributed by atoms with E-state index in [4.69, 9.17) is 15.9 Å². The summed E-state index contributed by atoms with van der Waals surface area (Å²) in [6.45, 7) is 4.82. The molecule has 0 atom stereocenters. The van der Waals surface area contributed by atoms with Gasteiger partial charge in [0.2, 0.25) is 0 Å². The summed E-state index contributed by atoms with van der Waals surface area (Å²) in [5.41, 5.74) is 8.04. The minimum Gasteiger partial charge on any atom is -0.493 e. The normalized spacial score (nSPS) is 16.6. The van der Waals surface area contributed by atoms with Crippen LogP contribution in [0.15, 0.2) is 18.2 Å². The van der Waals surface area contributed by atoms with Crippen molar-refractivity contribution in [3.63, 3.8) is 0 Å². The number of amidine groups is 1. The van der Waals surface area contributed by atoms with E-state index in [1.807, 2.05) is 0 Å². The Morgan fingerprint density at radius 3 is 2.35 bits per heavy atom. The van der Waals surface area contributed by atoms with Crippen LogP contribution in [0.3, 0.4) is 0 Å². The van der Waals surface area contributed by atoms with Gasteiger partial charge in [0.05, 0.1) is 12.4 Å². The lowest BCUT2D eigenvalue weighted by Crippen LogP contribution is -2.21. The number of aryl methyl sites for hydroxylation is 2. The molecule has 0 unspecified atom stereocenters. The zero-order chi connectivity index (χ0) is 12.5. The summed E-state index contributed by atoms with van der Waals surface area (Å²) in [6.07, 6.45) is 2.91. The van der Waals surface area contributed by atoms with Crippen molar-refractivity contribution in [1.29, 1.82) is 5.41 Å². The number of benzene rings is 1. The summed E-state index contributed by atoms with van der Waals surface area (Å²) < 4.78 is 5.84. The molecule has 0 aromatic heterocycles.